The predicted molar refractivity (Wildman–Crippen MR) is 78.2 cm³/mol. The van der Waals surface area contributed by atoms with Gasteiger partial charge in [0, 0.05) is 38.6 Å². The van der Waals surface area contributed by atoms with Crippen molar-refractivity contribution in [1.29, 1.82) is 5.41 Å². The van der Waals surface area contributed by atoms with E-state index in [1.807, 2.05) is 25.1 Å². The molecule has 0 radical (unpaired) electrons. The van der Waals surface area contributed by atoms with Crippen LogP contribution in [0.4, 0.5) is 5.69 Å². The van der Waals surface area contributed by atoms with Gasteiger partial charge in [-0.05, 0) is 19.1 Å². The second-order valence-electron chi connectivity index (χ2n) is 4.41. The molecule has 1 rings (SSSR count). The van der Waals surface area contributed by atoms with E-state index in [-0.39, 0.29) is 5.84 Å². The van der Waals surface area contributed by atoms with Crippen LogP contribution in [0.15, 0.2) is 18.2 Å². The summed E-state index contributed by atoms with van der Waals surface area (Å²) in [6, 6.07) is 5.95. The summed E-state index contributed by atoms with van der Waals surface area (Å²) in [5.74, 6) is 0.0820. The van der Waals surface area contributed by atoms with E-state index >= 15 is 0 Å². The highest BCUT2D eigenvalue weighted by Crippen LogP contribution is 2.21. The average molecular weight is 265 g/mol. The van der Waals surface area contributed by atoms with Gasteiger partial charge in [0.05, 0.1) is 13.2 Å². The molecule has 0 bridgehead atoms. The highest BCUT2D eigenvalue weighted by Gasteiger charge is 2.13. The van der Waals surface area contributed by atoms with E-state index in [1.165, 1.54) is 0 Å². The topological polar surface area (TPSA) is 71.6 Å². The second-order valence-corrected chi connectivity index (χ2v) is 4.41. The Labute approximate surface area is 114 Å². The average Bonchev–Trinajstić information content (AvgIpc) is 2.39. The molecule has 3 N–H and O–H groups in total. The minimum atomic E-state index is 0.0820. The molecule has 1 aromatic carbocycles. The molecular formula is C14H23N3O2. The van der Waals surface area contributed by atoms with Gasteiger partial charge in [-0.25, -0.2) is 0 Å². The van der Waals surface area contributed by atoms with Crippen LogP contribution in [0.5, 0.6) is 0 Å². The smallest absolute Gasteiger partial charge is 0.124 e. The third-order valence-corrected chi connectivity index (χ3v) is 2.91. The summed E-state index contributed by atoms with van der Waals surface area (Å²) in [5, 5.41) is 7.71. The minimum Gasteiger partial charge on any atom is -0.384 e. The SMILES string of the molecule is COCCN(CCOC)c1ccc(C)cc1C(=N)N. The second kappa shape index (κ2) is 7.76. The first-order chi connectivity index (χ1) is 9.10. The third kappa shape index (κ3) is 4.54. The predicted octanol–water partition coefficient (Wildman–Crippen LogP) is 1.38. The van der Waals surface area contributed by atoms with E-state index in [2.05, 4.69) is 4.90 Å². The molecule has 0 saturated heterocycles. The van der Waals surface area contributed by atoms with Crippen LogP contribution in [0.25, 0.3) is 0 Å². The fraction of sp³-hybridized carbons (Fsp3) is 0.500. The number of amidine groups is 1. The maximum Gasteiger partial charge on any atom is 0.124 e. The van der Waals surface area contributed by atoms with Crippen LogP contribution in [-0.2, 0) is 9.47 Å². The van der Waals surface area contributed by atoms with Crippen LogP contribution in [0.2, 0.25) is 0 Å². The van der Waals surface area contributed by atoms with Gasteiger partial charge in [-0.1, -0.05) is 11.6 Å². The lowest BCUT2D eigenvalue weighted by Gasteiger charge is -2.26. The molecule has 1 aromatic rings. The van der Waals surface area contributed by atoms with Crippen LogP contribution < -0.4 is 10.6 Å². The number of methoxy groups -OCH3 is 2. The Morgan fingerprint density at radius 1 is 1.21 bits per heavy atom. The van der Waals surface area contributed by atoms with Crippen molar-refractivity contribution in [2.45, 2.75) is 6.92 Å². The summed E-state index contributed by atoms with van der Waals surface area (Å²) in [6.07, 6.45) is 0. The maximum absolute atomic E-state index is 7.71. The number of aryl methyl sites for hydroxylation is 1. The van der Waals surface area contributed by atoms with Gasteiger partial charge in [-0.2, -0.15) is 0 Å². The molecular weight excluding hydrogens is 242 g/mol. The molecule has 106 valence electrons. The van der Waals surface area contributed by atoms with E-state index in [9.17, 15) is 0 Å². The van der Waals surface area contributed by atoms with Gasteiger partial charge in [-0.3, -0.25) is 5.41 Å². The lowest BCUT2D eigenvalue weighted by Crippen LogP contribution is -2.32. The Morgan fingerprint density at radius 2 is 1.79 bits per heavy atom. The van der Waals surface area contributed by atoms with Gasteiger partial charge in [-0.15, -0.1) is 0 Å². The number of nitrogens with one attached hydrogen (secondary N) is 1. The number of benzene rings is 1. The molecule has 0 saturated carbocycles. The third-order valence-electron chi connectivity index (χ3n) is 2.91. The maximum atomic E-state index is 7.71. The Balaban J connectivity index is 3.02. The van der Waals surface area contributed by atoms with Gasteiger partial charge in [0.1, 0.15) is 5.84 Å². The first-order valence-electron chi connectivity index (χ1n) is 6.28. The molecule has 0 heterocycles. The van der Waals surface area contributed by atoms with Crippen molar-refractivity contribution in [1.82, 2.24) is 0 Å². The Kier molecular flexibility index (Phi) is 6.32. The van der Waals surface area contributed by atoms with Crippen molar-refractivity contribution in [3.05, 3.63) is 29.3 Å². The molecule has 0 spiro atoms. The Bertz CT molecular complexity index is 413. The number of hydrogen-bond donors (Lipinski definition) is 2. The highest BCUT2D eigenvalue weighted by atomic mass is 16.5. The number of nitrogens with two attached hydrogens (primary N) is 1. The molecule has 0 aromatic heterocycles. The highest BCUT2D eigenvalue weighted by molar-refractivity contribution is 6.00. The summed E-state index contributed by atoms with van der Waals surface area (Å²) in [6.45, 7) is 4.71. The van der Waals surface area contributed by atoms with Crippen LogP contribution in [0, 0.1) is 12.3 Å². The van der Waals surface area contributed by atoms with Crippen molar-refractivity contribution in [3.8, 4) is 0 Å². The fourth-order valence-electron chi connectivity index (χ4n) is 1.90. The molecule has 19 heavy (non-hydrogen) atoms. The number of anilines is 1. The van der Waals surface area contributed by atoms with Gasteiger partial charge >= 0.3 is 0 Å². The molecule has 5 heteroatoms. The summed E-state index contributed by atoms with van der Waals surface area (Å²) in [5.41, 5.74) is 8.47. The molecule has 0 unspecified atom stereocenters. The van der Waals surface area contributed by atoms with Crippen LogP contribution in [0.1, 0.15) is 11.1 Å². The molecule has 5 nitrogen and oxygen atoms in total. The monoisotopic (exact) mass is 265 g/mol. The summed E-state index contributed by atoms with van der Waals surface area (Å²) in [7, 11) is 3.35. The van der Waals surface area contributed by atoms with E-state index in [0.717, 1.165) is 29.9 Å². The largest absolute Gasteiger partial charge is 0.384 e. The lowest BCUT2D eigenvalue weighted by atomic mass is 10.1. The molecule has 0 aliphatic heterocycles. The zero-order valence-electron chi connectivity index (χ0n) is 11.9. The van der Waals surface area contributed by atoms with Crippen molar-refractivity contribution >= 4 is 11.5 Å². The first kappa shape index (κ1) is 15.5. The van der Waals surface area contributed by atoms with Gasteiger partial charge in [0.25, 0.3) is 0 Å². The van der Waals surface area contributed by atoms with E-state index in [0.29, 0.717) is 13.2 Å². The first-order valence-corrected chi connectivity index (χ1v) is 6.28. The van der Waals surface area contributed by atoms with E-state index in [1.54, 1.807) is 14.2 Å². The number of hydrogen-bond acceptors (Lipinski definition) is 4. The molecule has 0 aliphatic carbocycles. The zero-order chi connectivity index (χ0) is 14.3. The molecule has 0 fully saturated rings. The van der Waals surface area contributed by atoms with Crippen LogP contribution in [-0.4, -0.2) is 46.4 Å². The quantitative estimate of drug-likeness (QED) is 0.550. The summed E-state index contributed by atoms with van der Waals surface area (Å²) >= 11 is 0. The Hall–Kier alpha value is -1.59. The number of rotatable bonds is 8. The van der Waals surface area contributed by atoms with Gasteiger partial charge < -0.3 is 20.1 Å². The van der Waals surface area contributed by atoms with Crippen molar-refractivity contribution in [3.63, 3.8) is 0 Å². The van der Waals surface area contributed by atoms with E-state index in [4.69, 9.17) is 20.6 Å². The number of nitrogen functional groups attached to an aromatic ring is 1. The molecule has 0 amide bonds. The van der Waals surface area contributed by atoms with Crippen LogP contribution >= 0.6 is 0 Å². The standard InChI is InChI=1S/C14H23N3O2/c1-11-4-5-13(12(10-11)14(15)16)17(6-8-18-2)7-9-19-3/h4-5,10H,6-9H2,1-3H3,(H3,15,16). The van der Waals surface area contributed by atoms with Gasteiger partial charge in [0.2, 0.25) is 0 Å². The van der Waals surface area contributed by atoms with E-state index < -0.39 is 0 Å². The van der Waals surface area contributed by atoms with Crippen LogP contribution in [0.3, 0.4) is 0 Å². The van der Waals surface area contributed by atoms with Crippen molar-refractivity contribution < 1.29 is 9.47 Å². The number of ether oxygens (including phenoxy) is 2. The molecule has 0 aliphatic rings. The normalized spacial score (nSPS) is 10.5. The number of nitrogens with zero attached hydrogens (tertiary/aromatic N) is 1. The Morgan fingerprint density at radius 3 is 2.26 bits per heavy atom. The van der Waals surface area contributed by atoms with Gasteiger partial charge in [0.15, 0.2) is 0 Å². The van der Waals surface area contributed by atoms with Crippen molar-refractivity contribution in [2.24, 2.45) is 5.73 Å². The summed E-state index contributed by atoms with van der Waals surface area (Å²) in [4.78, 5) is 2.13. The minimum absolute atomic E-state index is 0.0820. The fourth-order valence-corrected chi connectivity index (χ4v) is 1.90. The summed E-state index contributed by atoms with van der Waals surface area (Å²) < 4.78 is 10.3. The molecule has 0 atom stereocenters. The zero-order valence-corrected chi connectivity index (χ0v) is 11.9. The van der Waals surface area contributed by atoms with Crippen molar-refractivity contribution in [2.75, 3.05) is 45.4 Å². The lowest BCUT2D eigenvalue weighted by molar-refractivity contribution is 0.190.